The lowest BCUT2D eigenvalue weighted by Crippen LogP contribution is -2.03. The summed E-state index contributed by atoms with van der Waals surface area (Å²) in [6, 6.07) is 8.00. The Labute approximate surface area is 89.5 Å². The maximum Gasteiger partial charge on any atom is 0.134 e. The number of rotatable bonds is 3. The van der Waals surface area contributed by atoms with Crippen molar-refractivity contribution in [1.29, 1.82) is 0 Å². The molecule has 1 N–H and O–H groups in total. The molecule has 0 saturated carbocycles. The quantitative estimate of drug-likeness (QED) is 0.832. The molecule has 2 rings (SSSR count). The summed E-state index contributed by atoms with van der Waals surface area (Å²) in [5, 5.41) is 10.5. The van der Waals surface area contributed by atoms with E-state index in [4.69, 9.17) is 4.42 Å². The Balaban J connectivity index is 2.62. The molecule has 0 fully saturated rings. The van der Waals surface area contributed by atoms with Crippen molar-refractivity contribution in [3.63, 3.8) is 0 Å². The largest absolute Gasteiger partial charge is 0.461 e. The summed E-state index contributed by atoms with van der Waals surface area (Å²) in [5.41, 5.74) is 2.08. The van der Waals surface area contributed by atoms with Gasteiger partial charge in [-0.3, -0.25) is 0 Å². The van der Waals surface area contributed by atoms with E-state index in [1.807, 2.05) is 25.1 Å². The van der Waals surface area contributed by atoms with Gasteiger partial charge >= 0.3 is 0 Å². The van der Waals surface area contributed by atoms with Gasteiger partial charge in [-0.25, -0.2) is 0 Å². The van der Waals surface area contributed by atoms with Crippen LogP contribution in [-0.4, -0.2) is 11.7 Å². The van der Waals surface area contributed by atoms with Crippen LogP contribution in [0.2, 0.25) is 0 Å². The maximum atomic E-state index is 9.34. The monoisotopic (exact) mass is 204 g/mol. The van der Waals surface area contributed by atoms with Gasteiger partial charge in [0.1, 0.15) is 11.3 Å². The van der Waals surface area contributed by atoms with Crippen LogP contribution in [-0.2, 0) is 0 Å². The van der Waals surface area contributed by atoms with Crippen LogP contribution in [0.15, 0.2) is 28.7 Å². The normalized spacial score (nSPS) is 13.3. The summed E-state index contributed by atoms with van der Waals surface area (Å²) in [5.74, 6) is 1.12. The highest BCUT2D eigenvalue weighted by Gasteiger charge is 2.17. The van der Waals surface area contributed by atoms with Crippen LogP contribution in [0.4, 0.5) is 0 Å². The van der Waals surface area contributed by atoms with E-state index in [1.165, 1.54) is 0 Å². The second-order valence-electron chi connectivity index (χ2n) is 3.86. The lowest BCUT2D eigenvalue weighted by atomic mass is 9.95. The first-order valence-electron chi connectivity index (χ1n) is 5.36. The predicted molar refractivity (Wildman–Crippen MR) is 61.1 cm³/mol. The lowest BCUT2D eigenvalue weighted by molar-refractivity contribution is 0.261. The second-order valence-corrected chi connectivity index (χ2v) is 3.86. The van der Waals surface area contributed by atoms with Gasteiger partial charge in [0, 0.05) is 16.9 Å². The molecule has 0 amide bonds. The molecule has 1 aromatic heterocycles. The van der Waals surface area contributed by atoms with Crippen molar-refractivity contribution >= 4 is 11.0 Å². The minimum Gasteiger partial charge on any atom is -0.461 e. The van der Waals surface area contributed by atoms with Crippen molar-refractivity contribution in [2.24, 2.45) is 0 Å². The molecule has 2 nitrogen and oxygen atoms in total. The predicted octanol–water partition coefficient (Wildman–Crippen LogP) is 3.23. The molecule has 1 unspecified atom stereocenters. The zero-order valence-corrected chi connectivity index (χ0v) is 9.16. The van der Waals surface area contributed by atoms with E-state index in [0.717, 1.165) is 28.7 Å². The van der Waals surface area contributed by atoms with Crippen molar-refractivity contribution in [3.8, 4) is 0 Å². The molecule has 0 aliphatic heterocycles. The van der Waals surface area contributed by atoms with Crippen LogP contribution >= 0.6 is 0 Å². The fourth-order valence-electron chi connectivity index (χ4n) is 2.12. The highest BCUT2D eigenvalue weighted by Crippen LogP contribution is 2.32. The molecule has 0 radical (unpaired) electrons. The highest BCUT2D eigenvalue weighted by molar-refractivity contribution is 5.82. The summed E-state index contributed by atoms with van der Waals surface area (Å²) in [4.78, 5) is 0. The van der Waals surface area contributed by atoms with E-state index in [9.17, 15) is 5.11 Å². The summed E-state index contributed by atoms with van der Waals surface area (Å²) in [6.07, 6.45) is 0.931. The summed E-state index contributed by atoms with van der Waals surface area (Å²) >= 11 is 0. The number of hydrogen-bond donors (Lipinski definition) is 1. The van der Waals surface area contributed by atoms with E-state index < -0.39 is 0 Å². The minimum atomic E-state index is 0.181. The third-order valence-corrected chi connectivity index (χ3v) is 2.94. The van der Waals surface area contributed by atoms with Gasteiger partial charge < -0.3 is 9.52 Å². The first kappa shape index (κ1) is 10.2. The van der Waals surface area contributed by atoms with Crippen molar-refractivity contribution in [3.05, 3.63) is 35.6 Å². The highest BCUT2D eigenvalue weighted by atomic mass is 16.3. The molecule has 1 atom stereocenters. The molecule has 0 bridgehead atoms. The van der Waals surface area contributed by atoms with Crippen LogP contribution in [0.3, 0.4) is 0 Å². The lowest BCUT2D eigenvalue weighted by Gasteiger charge is -2.10. The minimum absolute atomic E-state index is 0.181. The van der Waals surface area contributed by atoms with Gasteiger partial charge in [0.2, 0.25) is 0 Å². The molecular formula is C13H16O2. The number of fused-ring (bicyclic) bond motifs is 1. The second kappa shape index (κ2) is 4.07. The molecule has 2 heteroatoms. The number of benzene rings is 1. The molecular weight excluding hydrogens is 188 g/mol. The topological polar surface area (TPSA) is 33.4 Å². The number of para-hydroxylation sites is 1. The summed E-state index contributed by atoms with van der Waals surface area (Å²) in [6.45, 7) is 4.23. The SMILES string of the molecule is CCC(CO)c1c(C)oc2ccccc12. The van der Waals surface area contributed by atoms with Crippen molar-refractivity contribution in [2.45, 2.75) is 26.2 Å². The number of aryl methyl sites for hydroxylation is 1. The molecule has 15 heavy (non-hydrogen) atoms. The van der Waals surface area contributed by atoms with Gasteiger partial charge in [0.25, 0.3) is 0 Å². The van der Waals surface area contributed by atoms with Crippen LogP contribution < -0.4 is 0 Å². The Morgan fingerprint density at radius 3 is 2.73 bits per heavy atom. The van der Waals surface area contributed by atoms with Crippen LogP contribution in [0, 0.1) is 6.92 Å². The molecule has 0 saturated heterocycles. The van der Waals surface area contributed by atoms with Gasteiger partial charge in [0.15, 0.2) is 0 Å². The smallest absolute Gasteiger partial charge is 0.134 e. The Hall–Kier alpha value is -1.28. The third-order valence-electron chi connectivity index (χ3n) is 2.94. The summed E-state index contributed by atoms with van der Waals surface area (Å²) < 4.78 is 5.67. The van der Waals surface area contributed by atoms with E-state index in [2.05, 4.69) is 13.0 Å². The molecule has 0 spiro atoms. The summed E-state index contributed by atoms with van der Waals surface area (Å²) in [7, 11) is 0. The first-order chi connectivity index (χ1) is 7.27. The number of aliphatic hydroxyl groups excluding tert-OH is 1. The number of aliphatic hydroxyl groups is 1. The van der Waals surface area contributed by atoms with Gasteiger partial charge in [-0.05, 0) is 19.4 Å². The van der Waals surface area contributed by atoms with Crippen molar-refractivity contribution in [1.82, 2.24) is 0 Å². The molecule has 1 heterocycles. The zero-order chi connectivity index (χ0) is 10.8. The van der Waals surface area contributed by atoms with Crippen LogP contribution in [0.1, 0.15) is 30.6 Å². The zero-order valence-electron chi connectivity index (χ0n) is 9.16. The van der Waals surface area contributed by atoms with Crippen molar-refractivity contribution in [2.75, 3.05) is 6.61 Å². The molecule has 0 aliphatic carbocycles. The Bertz CT molecular complexity index is 453. The van der Waals surface area contributed by atoms with E-state index >= 15 is 0 Å². The van der Waals surface area contributed by atoms with Crippen LogP contribution in [0.25, 0.3) is 11.0 Å². The third kappa shape index (κ3) is 1.65. The maximum absolute atomic E-state index is 9.34. The average Bonchev–Trinajstić information content (AvgIpc) is 2.58. The number of hydrogen-bond acceptors (Lipinski definition) is 2. The fourth-order valence-corrected chi connectivity index (χ4v) is 2.12. The molecule has 2 aromatic rings. The van der Waals surface area contributed by atoms with Gasteiger partial charge in [0.05, 0.1) is 6.61 Å². The molecule has 1 aromatic carbocycles. The fraction of sp³-hybridized carbons (Fsp3) is 0.385. The molecule has 0 aliphatic rings. The van der Waals surface area contributed by atoms with E-state index in [0.29, 0.717) is 0 Å². The van der Waals surface area contributed by atoms with E-state index in [1.54, 1.807) is 0 Å². The Morgan fingerprint density at radius 2 is 2.07 bits per heavy atom. The van der Waals surface area contributed by atoms with Crippen LogP contribution in [0.5, 0.6) is 0 Å². The molecule has 80 valence electrons. The van der Waals surface area contributed by atoms with Gasteiger partial charge in [-0.1, -0.05) is 25.1 Å². The average molecular weight is 204 g/mol. The van der Waals surface area contributed by atoms with Gasteiger partial charge in [-0.2, -0.15) is 0 Å². The van der Waals surface area contributed by atoms with E-state index in [-0.39, 0.29) is 12.5 Å². The number of furan rings is 1. The Morgan fingerprint density at radius 1 is 1.33 bits per heavy atom. The van der Waals surface area contributed by atoms with Crippen molar-refractivity contribution < 1.29 is 9.52 Å². The van der Waals surface area contributed by atoms with Gasteiger partial charge in [-0.15, -0.1) is 0 Å². The Kier molecular flexibility index (Phi) is 2.78. The first-order valence-corrected chi connectivity index (χ1v) is 5.36. The standard InChI is InChI=1S/C13H16O2/c1-3-10(8-14)13-9(2)15-12-7-5-4-6-11(12)13/h4-7,10,14H,3,8H2,1-2H3.